The Morgan fingerprint density at radius 3 is 2.03 bits per heavy atom. The zero-order valence-electron chi connectivity index (χ0n) is 22.3. The van der Waals surface area contributed by atoms with Gasteiger partial charge in [-0.3, -0.25) is 0 Å². The van der Waals surface area contributed by atoms with Gasteiger partial charge >= 0.3 is 11.9 Å². The lowest BCUT2D eigenvalue weighted by atomic mass is 9.91. The van der Waals surface area contributed by atoms with Crippen LogP contribution in [-0.2, 0) is 26.1 Å². The van der Waals surface area contributed by atoms with Crippen molar-refractivity contribution < 1.29 is 19.0 Å². The second kappa shape index (κ2) is 9.06. The first-order valence-electron chi connectivity index (χ1n) is 12.8. The first-order chi connectivity index (χ1) is 17.2. The Morgan fingerprint density at radius 2 is 1.47 bits per heavy atom. The molecule has 0 unspecified atom stereocenters. The van der Waals surface area contributed by atoms with E-state index in [2.05, 4.69) is 63.6 Å². The summed E-state index contributed by atoms with van der Waals surface area (Å²) in [6, 6.07) is 16.6. The summed E-state index contributed by atoms with van der Waals surface area (Å²) in [6.45, 7) is 12.2. The molecule has 0 N–H and O–H groups in total. The van der Waals surface area contributed by atoms with Gasteiger partial charge in [0.2, 0.25) is 0 Å². The predicted molar refractivity (Wildman–Crippen MR) is 142 cm³/mol. The molecule has 3 heterocycles. The fraction of sp³-hybridized carbons (Fsp3) is 0.387. The van der Waals surface area contributed by atoms with Crippen LogP contribution in [0.5, 0.6) is 0 Å². The third-order valence-electron chi connectivity index (χ3n) is 7.66. The number of para-hydroxylation sites is 1. The molecule has 2 aliphatic rings. The van der Waals surface area contributed by atoms with Gasteiger partial charge in [0.15, 0.2) is 0 Å². The summed E-state index contributed by atoms with van der Waals surface area (Å²) in [6.07, 6.45) is 0.886. The van der Waals surface area contributed by atoms with Crippen molar-refractivity contribution in [2.75, 3.05) is 0 Å². The number of benzene rings is 2. The van der Waals surface area contributed by atoms with E-state index in [1.165, 1.54) is 0 Å². The van der Waals surface area contributed by atoms with Crippen LogP contribution in [0.4, 0.5) is 0 Å². The topological polar surface area (TPSA) is 49.7 Å². The van der Waals surface area contributed by atoms with E-state index in [1.807, 2.05) is 38.1 Å². The zero-order valence-corrected chi connectivity index (χ0v) is 22.3. The number of rotatable bonds is 3. The van der Waals surface area contributed by atoms with E-state index >= 15 is 0 Å². The van der Waals surface area contributed by atoms with Gasteiger partial charge in [-0.15, -0.1) is 0 Å². The van der Waals surface area contributed by atoms with Crippen molar-refractivity contribution in [2.24, 2.45) is 7.05 Å². The van der Waals surface area contributed by atoms with E-state index in [4.69, 9.17) is 14.2 Å². The molecule has 3 aromatic rings. The fourth-order valence-corrected chi connectivity index (χ4v) is 5.87. The zero-order chi connectivity index (χ0) is 25.8. The number of hydrogen-bond donors (Lipinski definition) is 0. The third-order valence-corrected chi connectivity index (χ3v) is 7.66. The fourth-order valence-electron chi connectivity index (χ4n) is 5.87. The molecular formula is C31H35NO4. The van der Waals surface area contributed by atoms with Gasteiger partial charge in [-0.1, -0.05) is 61.9 Å². The highest BCUT2D eigenvalue weighted by Gasteiger charge is 2.57. The minimum Gasteiger partial charge on any atom is -0.400 e. The monoisotopic (exact) mass is 485 g/mol. The van der Waals surface area contributed by atoms with Gasteiger partial charge in [0.1, 0.15) is 0 Å². The highest BCUT2D eigenvalue weighted by Crippen LogP contribution is 2.52. The summed E-state index contributed by atoms with van der Waals surface area (Å²) in [7, 11) is 2.07. The lowest BCUT2D eigenvalue weighted by Crippen LogP contribution is -2.38. The number of aromatic nitrogens is 1. The number of carbonyl (C=O) groups is 1. The molecule has 1 spiro atoms. The van der Waals surface area contributed by atoms with E-state index in [0.29, 0.717) is 11.1 Å². The molecule has 0 bridgehead atoms. The van der Waals surface area contributed by atoms with Gasteiger partial charge in [0.25, 0.3) is 0 Å². The Labute approximate surface area is 213 Å². The number of hydrogen-bond acceptors (Lipinski definition) is 4. The normalized spacial score (nSPS) is 22.5. The maximum Gasteiger partial charge on any atom is 0.361 e. The Balaban J connectivity index is 1.82. The van der Waals surface area contributed by atoms with E-state index in [9.17, 15) is 4.79 Å². The van der Waals surface area contributed by atoms with Gasteiger partial charge in [0.05, 0.1) is 23.4 Å². The van der Waals surface area contributed by atoms with Crippen LogP contribution in [0.3, 0.4) is 0 Å². The summed E-state index contributed by atoms with van der Waals surface area (Å²) < 4.78 is 21.9. The molecule has 1 aromatic heterocycles. The minimum absolute atomic E-state index is 0.279. The molecule has 2 aromatic carbocycles. The quantitative estimate of drug-likeness (QED) is 0.285. The van der Waals surface area contributed by atoms with E-state index < -0.39 is 11.9 Å². The molecule has 2 atom stereocenters. The van der Waals surface area contributed by atoms with Crippen LogP contribution in [0.2, 0.25) is 0 Å². The second-order valence-corrected chi connectivity index (χ2v) is 10.0. The lowest BCUT2D eigenvalue weighted by molar-refractivity contribution is -0.355. The molecule has 0 amide bonds. The second-order valence-electron chi connectivity index (χ2n) is 10.0. The van der Waals surface area contributed by atoms with Gasteiger partial charge in [0, 0.05) is 29.2 Å². The maximum atomic E-state index is 13.5. The highest BCUT2D eigenvalue weighted by molar-refractivity contribution is 6.04. The van der Waals surface area contributed by atoms with Gasteiger partial charge in [-0.2, -0.15) is 0 Å². The van der Waals surface area contributed by atoms with Crippen molar-refractivity contribution in [1.29, 1.82) is 0 Å². The van der Waals surface area contributed by atoms with E-state index in [-0.39, 0.29) is 12.2 Å². The molecule has 0 radical (unpaired) electrons. The number of aryl methyl sites for hydroxylation is 1. The number of carbonyl (C=O) groups excluding carboxylic acids is 1. The molecule has 1 fully saturated rings. The Morgan fingerprint density at radius 1 is 0.917 bits per heavy atom. The first kappa shape index (κ1) is 24.5. The summed E-state index contributed by atoms with van der Waals surface area (Å²) in [5.74, 6) is -2.03. The van der Waals surface area contributed by atoms with Gasteiger partial charge in [-0.25, -0.2) is 4.79 Å². The number of fused-ring (bicyclic) bond motifs is 2. The largest absolute Gasteiger partial charge is 0.400 e. The molecule has 0 aliphatic carbocycles. The number of allylic oxidation sites excluding steroid dienone is 2. The summed E-state index contributed by atoms with van der Waals surface area (Å²) in [5.41, 5.74) is 8.52. The van der Waals surface area contributed by atoms with Crippen LogP contribution < -0.4 is 0 Å². The van der Waals surface area contributed by atoms with Crippen LogP contribution in [0.1, 0.15) is 82.1 Å². The van der Waals surface area contributed by atoms with Crippen molar-refractivity contribution >= 4 is 22.4 Å². The van der Waals surface area contributed by atoms with Crippen LogP contribution in [0.15, 0.2) is 65.3 Å². The van der Waals surface area contributed by atoms with Crippen molar-refractivity contribution in [1.82, 2.24) is 4.57 Å². The van der Waals surface area contributed by atoms with Gasteiger partial charge < -0.3 is 18.8 Å². The standard InChI is InChI=1S/C31H35NO4/c1-8-25-21-14-10-11-15-22(21)26(9-2)35-31(34-25)29(27(18(3)4)30(33)36-31)19(5)28-20(6)32(7)24-17-13-12-16-23(24)28/h10-17,25-26H,8-9H2,1-7H3/b29-19+/t25-,26-/m0/s1. The lowest BCUT2D eigenvalue weighted by Gasteiger charge is -2.32. The first-order valence-corrected chi connectivity index (χ1v) is 12.8. The SMILES string of the molecule is CC[C@@H]1OC2(OC(=O)C(=C(C)C)/C2=C(/C)c2c(C)n(C)c3ccccc23)O[C@@H](CC)c2ccccc21. The number of nitrogens with zero attached hydrogens (tertiary/aromatic N) is 1. The summed E-state index contributed by atoms with van der Waals surface area (Å²) >= 11 is 0. The molecule has 2 aliphatic heterocycles. The van der Waals surface area contributed by atoms with Crippen molar-refractivity contribution in [3.63, 3.8) is 0 Å². The Bertz CT molecular complexity index is 1390. The molecule has 0 saturated carbocycles. The molecule has 5 nitrogen and oxygen atoms in total. The molecule has 5 heteroatoms. The third kappa shape index (κ3) is 3.56. The maximum absolute atomic E-state index is 13.5. The Hall–Kier alpha value is -3.15. The minimum atomic E-state index is -1.63. The summed E-state index contributed by atoms with van der Waals surface area (Å²) in [5, 5.41) is 1.13. The number of esters is 1. The smallest absolute Gasteiger partial charge is 0.361 e. The van der Waals surface area contributed by atoms with E-state index in [1.54, 1.807) is 0 Å². The van der Waals surface area contributed by atoms with Crippen molar-refractivity contribution in [2.45, 2.75) is 72.6 Å². The molecule has 36 heavy (non-hydrogen) atoms. The van der Waals surface area contributed by atoms with Crippen LogP contribution in [0.25, 0.3) is 16.5 Å². The average molecular weight is 486 g/mol. The average Bonchev–Trinajstić information content (AvgIpc) is 3.25. The molecule has 188 valence electrons. The molecule has 5 rings (SSSR count). The molecule has 1 saturated heterocycles. The van der Waals surface area contributed by atoms with E-state index in [0.717, 1.165) is 57.3 Å². The predicted octanol–water partition coefficient (Wildman–Crippen LogP) is 7.46. The van der Waals surface area contributed by atoms with Crippen molar-refractivity contribution in [3.05, 3.63) is 87.6 Å². The van der Waals surface area contributed by atoms with Gasteiger partial charge in [-0.05, 0) is 63.3 Å². The van der Waals surface area contributed by atoms with Crippen LogP contribution in [-0.4, -0.2) is 16.5 Å². The number of ether oxygens (including phenoxy) is 3. The van der Waals surface area contributed by atoms with Crippen LogP contribution in [0, 0.1) is 6.92 Å². The van der Waals surface area contributed by atoms with Crippen molar-refractivity contribution in [3.8, 4) is 0 Å². The highest BCUT2D eigenvalue weighted by atomic mass is 16.9. The Kier molecular flexibility index (Phi) is 6.17. The van der Waals surface area contributed by atoms with Crippen LogP contribution >= 0.6 is 0 Å². The molecular weight excluding hydrogens is 450 g/mol. The summed E-state index contributed by atoms with van der Waals surface area (Å²) in [4.78, 5) is 13.5.